The Bertz CT molecular complexity index is 1130. The molecule has 6 nitrogen and oxygen atoms in total. The van der Waals surface area contributed by atoms with E-state index in [4.69, 9.17) is 0 Å². The van der Waals surface area contributed by atoms with E-state index in [1.165, 1.54) is 4.90 Å². The monoisotopic (exact) mass is 460 g/mol. The number of rotatable bonds is 4. The zero-order chi connectivity index (χ0) is 23.2. The highest BCUT2D eigenvalue weighted by Crippen LogP contribution is 2.71. The molecule has 1 unspecified atom stereocenters. The van der Waals surface area contributed by atoms with Crippen LogP contribution in [0, 0.1) is 13.8 Å². The molecule has 3 aromatic rings. The third-order valence-electron chi connectivity index (χ3n) is 6.45. The van der Waals surface area contributed by atoms with Crippen molar-refractivity contribution in [2.45, 2.75) is 25.9 Å². The Morgan fingerprint density at radius 2 is 1.21 bits per heavy atom. The van der Waals surface area contributed by atoms with Gasteiger partial charge in [-0.3, -0.25) is 9.59 Å². The van der Waals surface area contributed by atoms with Gasteiger partial charge >= 0.3 is 0 Å². The minimum absolute atomic E-state index is 0.0112. The van der Waals surface area contributed by atoms with E-state index >= 15 is 0 Å². The van der Waals surface area contributed by atoms with Gasteiger partial charge in [0.05, 0.1) is 5.69 Å². The van der Waals surface area contributed by atoms with Gasteiger partial charge in [-0.25, -0.2) is 4.90 Å². The summed E-state index contributed by atoms with van der Waals surface area (Å²) in [5, 5.41) is 0. The zero-order valence-electron chi connectivity index (χ0n) is 18.8. The van der Waals surface area contributed by atoms with Crippen molar-refractivity contribution >= 4 is 36.7 Å². The summed E-state index contributed by atoms with van der Waals surface area (Å²) >= 11 is 0. The summed E-state index contributed by atoms with van der Waals surface area (Å²) in [6, 6.07) is 24.9. The van der Waals surface area contributed by atoms with Crippen LogP contribution >= 0.6 is 7.79 Å². The van der Waals surface area contributed by atoms with Gasteiger partial charge in [0.15, 0.2) is 7.79 Å². The summed E-state index contributed by atoms with van der Waals surface area (Å²) in [5.74, 6) is -0.609. The molecule has 0 aliphatic carbocycles. The van der Waals surface area contributed by atoms with Crippen LogP contribution in [0.25, 0.3) is 0 Å². The van der Waals surface area contributed by atoms with Crippen LogP contribution < -0.4 is 14.2 Å². The van der Waals surface area contributed by atoms with Gasteiger partial charge in [0.25, 0.3) is 0 Å². The Morgan fingerprint density at radius 3 is 1.70 bits per heavy atom. The quantitative estimate of drug-likeness (QED) is 0.451. The van der Waals surface area contributed by atoms with E-state index in [1.54, 1.807) is 24.3 Å². The molecule has 2 heterocycles. The van der Waals surface area contributed by atoms with Crippen molar-refractivity contribution in [2.75, 3.05) is 27.3 Å². The summed E-state index contributed by atoms with van der Waals surface area (Å²) < 4.78 is 3.94. The Hall–Kier alpha value is -3.21. The second-order valence-electron chi connectivity index (χ2n) is 8.65. The largest absolute Gasteiger partial charge is 0.345 e. The first-order valence-corrected chi connectivity index (χ1v) is 12.8. The van der Waals surface area contributed by atoms with Gasteiger partial charge in [-0.15, -0.1) is 0 Å². The number of aryl methyl sites for hydroxylation is 2. The fourth-order valence-electron chi connectivity index (χ4n) is 4.72. The minimum Gasteiger partial charge on any atom is -0.345 e. The Labute approximate surface area is 194 Å². The van der Waals surface area contributed by atoms with E-state index in [-0.39, 0.29) is 18.2 Å². The normalized spacial score (nSPS) is 20.1. The highest BCUT2D eigenvalue weighted by Gasteiger charge is 2.58. The molecule has 2 amide bonds. The molecule has 33 heavy (non-hydrogen) atoms. The number of hydrogen-bond acceptors (Lipinski definition) is 5. The van der Waals surface area contributed by atoms with Crippen LogP contribution in [0.3, 0.4) is 0 Å². The van der Waals surface area contributed by atoms with E-state index in [2.05, 4.69) is 0 Å². The highest BCUT2D eigenvalue weighted by atomic mass is 31.2. The lowest BCUT2D eigenvalue weighted by molar-refractivity contribution is -0.121. The van der Waals surface area contributed by atoms with E-state index in [0.717, 1.165) is 22.5 Å². The van der Waals surface area contributed by atoms with Crippen molar-refractivity contribution in [3.8, 4) is 0 Å². The first kappa shape index (κ1) is 21.6. The average Bonchev–Trinajstić information content (AvgIpc) is 3.32. The number of hydrogen-bond donors (Lipinski definition) is 1. The van der Waals surface area contributed by atoms with Crippen molar-refractivity contribution in [3.05, 3.63) is 90.0 Å². The number of carbonyl (C=O) groups excluding carboxylic acids is 2. The molecule has 3 aromatic carbocycles. The van der Waals surface area contributed by atoms with Crippen molar-refractivity contribution in [1.29, 1.82) is 0 Å². The maximum Gasteiger partial charge on any atom is 0.247 e. The molecule has 2 aliphatic rings. The molecule has 0 bridgehead atoms. The molecule has 169 valence electrons. The third kappa shape index (κ3) is 3.60. The van der Waals surface area contributed by atoms with Crippen LogP contribution in [0.1, 0.15) is 17.5 Å². The second-order valence-corrected chi connectivity index (χ2v) is 11.5. The Morgan fingerprint density at radius 1 is 0.727 bits per heavy atom. The molecule has 0 aromatic heterocycles. The number of benzene rings is 3. The second kappa shape index (κ2) is 8.29. The summed E-state index contributed by atoms with van der Waals surface area (Å²) in [7, 11) is -3.26. The van der Waals surface area contributed by atoms with E-state index in [0.29, 0.717) is 18.8 Å². The molecule has 0 saturated carbocycles. The number of imide groups is 1. The zero-order valence-corrected chi connectivity index (χ0v) is 19.7. The molecule has 1 radical (unpaired) electrons. The van der Waals surface area contributed by atoms with E-state index < -0.39 is 13.4 Å². The van der Waals surface area contributed by atoms with Crippen molar-refractivity contribution in [3.63, 3.8) is 0 Å². The number of para-hydroxylation sites is 1. The van der Waals surface area contributed by atoms with Crippen LogP contribution in [0.5, 0.6) is 0 Å². The smallest absolute Gasteiger partial charge is 0.247 e. The highest BCUT2D eigenvalue weighted by molar-refractivity contribution is 7.75. The van der Waals surface area contributed by atoms with Gasteiger partial charge in [-0.05, 0) is 50.2 Å². The van der Waals surface area contributed by atoms with E-state index in [9.17, 15) is 14.5 Å². The van der Waals surface area contributed by atoms with Gasteiger partial charge in [0, 0.05) is 30.9 Å². The van der Waals surface area contributed by atoms with Gasteiger partial charge in [-0.1, -0.05) is 53.6 Å². The predicted octanol–water partition coefficient (Wildman–Crippen LogP) is 4.72. The summed E-state index contributed by atoms with van der Waals surface area (Å²) in [6.07, 6.45) is -0.0112. The maximum atomic E-state index is 13.7. The molecule has 1 N–H and O–H groups in total. The molecular weight excluding hydrogens is 433 g/mol. The molecule has 5 rings (SSSR count). The lowest BCUT2D eigenvalue weighted by Crippen LogP contribution is -2.39. The minimum atomic E-state index is -3.26. The van der Waals surface area contributed by atoms with Crippen molar-refractivity contribution < 1.29 is 14.5 Å². The molecule has 7 heteroatoms. The molecule has 2 aliphatic heterocycles. The van der Waals surface area contributed by atoms with Crippen LogP contribution in [0.4, 0.5) is 17.1 Å². The SMILES string of the molecule is Cc1ccc(N2CCN(c3ccc(C)cc3)[P]2(O)C2CC(=O)N(c3ccccc3)C2=O)cc1. The van der Waals surface area contributed by atoms with Gasteiger partial charge in [0.2, 0.25) is 11.8 Å². The van der Waals surface area contributed by atoms with Crippen LogP contribution in [0.2, 0.25) is 0 Å². The number of amides is 2. The first-order chi connectivity index (χ1) is 15.9. The van der Waals surface area contributed by atoms with Gasteiger partial charge < -0.3 is 14.2 Å². The van der Waals surface area contributed by atoms with Gasteiger partial charge in [0.1, 0.15) is 5.66 Å². The molecule has 0 spiro atoms. The third-order valence-corrected chi connectivity index (χ3v) is 9.98. The maximum absolute atomic E-state index is 13.7. The summed E-state index contributed by atoms with van der Waals surface area (Å²) in [4.78, 5) is 40.4. The van der Waals surface area contributed by atoms with E-state index in [1.807, 2.05) is 77.8 Å². The number of anilines is 3. The molecule has 2 saturated heterocycles. The molecule has 1 atom stereocenters. The summed E-state index contributed by atoms with van der Waals surface area (Å²) in [5.41, 5.74) is 3.70. The molecule has 2 fully saturated rings. The fraction of sp³-hybridized carbons (Fsp3) is 0.231. The van der Waals surface area contributed by atoms with Crippen LogP contribution in [-0.2, 0) is 9.59 Å². The number of carbonyl (C=O) groups is 2. The van der Waals surface area contributed by atoms with Crippen LogP contribution in [0.15, 0.2) is 78.9 Å². The van der Waals surface area contributed by atoms with Crippen molar-refractivity contribution in [2.24, 2.45) is 0 Å². The Kier molecular flexibility index (Phi) is 5.43. The fourth-order valence-corrected chi connectivity index (χ4v) is 8.18. The van der Waals surface area contributed by atoms with Crippen molar-refractivity contribution in [1.82, 2.24) is 0 Å². The lowest BCUT2D eigenvalue weighted by atomic mass is 10.2. The first-order valence-electron chi connectivity index (χ1n) is 11.1. The number of nitrogens with zero attached hydrogens (tertiary/aromatic N) is 3. The van der Waals surface area contributed by atoms with Gasteiger partial charge in [-0.2, -0.15) is 0 Å². The Balaban J connectivity index is 1.59. The average molecular weight is 460 g/mol. The standard InChI is InChI=1S/C26H27N3O3P/c1-19-8-12-21(13-9-19)27-16-17-28(22-14-10-20(2)11-15-22)33(27,32)24-18-25(30)29(26(24)31)23-6-4-3-5-7-23/h3-15,24,32H,16-18H2,1-2H3. The summed E-state index contributed by atoms with van der Waals surface area (Å²) in [6.45, 7) is 5.18. The topological polar surface area (TPSA) is 64.1 Å². The van der Waals surface area contributed by atoms with Crippen LogP contribution in [-0.4, -0.2) is 35.5 Å². The lowest BCUT2D eigenvalue weighted by Gasteiger charge is -2.45. The predicted molar refractivity (Wildman–Crippen MR) is 134 cm³/mol. The molecular formula is C26H27N3O3P.